The molecular weight excluding hydrogens is 716 g/mol. The number of ether oxygens (including phenoxy) is 6. The summed E-state index contributed by atoms with van der Waals surface area (Å²) in [4.78, 5) is 0. The SMILES string of the molecule is Cc1cccc(COC[C@H]2O[C@H](OCc3ccccc3Br)[C@H](OCc3cccc(C)c3)[C@@H](OCc3cccc(C)c3)[C@@H]2OCc2cccc(C)c2)c1. The van der Waals surface area contributed by atoms with Gasteiger partial charge < -0.3 is 28.4 Å². The average Bonchev–Trinajstić information content (AvgIpc) is 3.13. The molecule has 0 spiro atoms. The summed E-state index contributed by atoms with van der Waals surface area (Å²) in [6.45, 7) is 10.5. The van der Waals surface area contributed by atoms with Crippen molar-refractivity contribution >= 4 is 15.9 Å². The lowest BCUT2D eigenvalue weighted by atomic mass is 9.97. The molecule has 5 aromatic rings. The van der Waals surface area contributed by atoms with Gasteiger partial charge in [-0.1, -0.05) is 153 Å². The summed E-state index contributed by atoms with van der Waals surface area (Å²) < 4.78 is 41.4. The zero-order valence-corrected chi connectivity index (χ0v) is 32.1. The van der Waals surface area contributed by atoms with Crippen LogP contribution in [-0.2, 0) is 61.5 Å². The summed E-state index contributed by atoms with van der Waals surface area (Å²) in [5.74, 6) is 0. The van der Waals surface area contributed by atoms with Crippen LogP contribution in [0.1, 0.15) is 50.1 Å². The maximum Gasteiger partial charge on any atom is 0.187 e. The van der Waals surface area contributed by atoms with E-state index in [4.69, 9.17) is 28.4 Å². The molecule has 0 unspecified atom stereocenters. The van der Waals surface area contributed by atoms with Crippen molar-refractivity contribution in [3.63, 3.8) is 0 Å². The number of halogens is 1. The van der Waals surface area contributed by atoms with E-state index in [0.717, 1.165) is 32.3 Å². The van der Waals surface area contributed by atoms with Gasteiger partial charge in [0.2, 0.25) is 0 Å². The summed E-state index contributed by atoms with van der Waals surface area (Å²) in [5.41, 5.74) is 10.00. The molecule has 1 aliphatic rings. The predicted molar refractivity (Wildman–Crippen MR) is 208 cm³/mol. The van der Waals surface area contributed by atoms with Gasteiger partial charge in [-0.3, -0.25) is 0 Å². The highest BCUT2D eigenvalue weighted by Crippen LogP contribution is 2.33. The first-order valence-electron chi connectivity index (χ1n) is 18.0. The molecule has 1 fully saturated rings. The minimum absolute atomic E-state index is 0.274. The summed E-state index contributed by atoms with van der Waals surface area (Å²) in [6.07, 6.45) is -3.00. The molecule has 6 nitrogen and oxygen atoms in total. The molecule has 1 heterocycles. The van der Waals surface area contributed by atoms with Crippen LogP contribution < -0.4 is 0 Å². The highest BCUT2D eigenvalue weighted by Gasteiger charge is 2.49. The van der Waals surface area contributed by atoms with Crippen LogP contribution in [0.5, 0.6) is 0 Å². The van der Waals surface area contributed by atoms with E-state index in [1.54, 1.807) is 0 Å². The van der Waals surface area contributed by atoms with E-state index in [1.165, 1.54) is 22.3 Å². The van der Waals surface area contributed by atoms with Crippen LogP contribution in [0.25, 0.3) is 0 Å². The van der Waals surface area contributed by atoms with Crippen molar-refractivity contribution in [2.75, 3.05) is 6.61 Å². The molecule has 5 atom stereocenters. The Kier molecular flexibility index (Phi) is 13.8. The monoisotopic (exact) mass is 764 g/mol. The minimum atomic E-state index is -0.772. The first kappa shape index (κ1) is 38.1. The number of rotatable bonds is 16. The van der Waals surface area contributed by atoms with Crippen molar-refractivity contribution in [2.24, 2.45) is 0 Å². The molecule has 0 amide bonds. The lowest BCUT2D eigenvalue weighted by Gasteiger charge is -2.46. The van der Waals surface area contributed by atoms with Crippen LogP contribution in [-0.4, -0.2) is 37.3 Å². The Hall–Kier alpha value is -3.66. The second-order valence-corrected chi connectivity index (χ2v) is 14.6. The standard InChI is InChI=1S/C45H49BrO6/c1-31-11-7-15-35(21-31)25-47-30-41-42(48-26-36-16-8-12-32(2)22-36)43(49-27-37-17-9-13-33(3)23-37)44(50-28-38-18-10-14-34(4)24-38)45(52-41)51-29-39-19-5-6-20-40(39)46/h5-24,41-45H,25-30H2,1-4H3/t41-,42-,43+,44-,45+/m1/s1. The maximum absolute atomic E-state index is 6.92. The quantitative estimate of drug-likeness (QED) is 0.0998. The van der Waals surface area contributed by atoms with E-state index in [2.05, 4.69) is 135 Å². The van der Waals surface area contributed by atoms with Crippen molar-refractivity contribution in [1.29, 1.82) is 0 Å². The van der Waals surface area contributed by atoms with Gasteiger partial charge in [0, 0.05) is 4.47 Å². The fourth-order valence-corrected chi connectivity index (χ4v) is 6.98. The van der Waals surface area contributed by atoms with Gasteiger partial charge in [-0.25, -0.2) is 0 Å². The van der Waals surface area contributed by atoms with Crippen LogP contribution in [0.2, 0.25) is 0 Å². The van der Waals surface area contributed by atoms with Gasteiger partial charge >= 0.3 is 0 Å². The Balaban J connectivity index is 1.33. The van der Waals surface area contributed by atoms with Crippen molar-refractivity contribution in [2.45, 2.75) is 91.4 Å². The predicted octanol–water partition coefficient (Wildman–Crippen LogP) is 9.90. The molecule has 272 valence electrons. The Morgan fingerprint density at radius 1 is 0.481 bits per heavy atom. The van der Waals surface area contributed by atoms with Crippen LogP contribution in [0.15, 0.2) is 126 Å². The van der Waals surface area contributed by atoms with E-state index in [0.29, 0.717) is 33.0 Å². The smallest absolute Gasteiger partial charge is 0.187 e. The lowest BCUT2D eigenvalue weighted by Crippen LogP contribution is -2.61. The number of hydrogen-bond acceptors (Lipinski definition) is 6. The first-order chi connectivity index (χ1) is 25.3. The zero-order valence-electron chi connectivity index (χ0n) is 30.5. The van der Waals surface area contributed by atoms with Gasteiger partial charge in [0.15, 0.2) is 6.29 Å². The Morgan fingerprint density at radius 2 is 0.942 bits per heavy atom. The Labute approximate surface area is 317 Å². The second kappa shape index (κ2) is 18.9. The van der Waals surface area contributed by atoms with E-state index < -0.39 is 30.7 Å². The molecule has 0 aliphatic carbocycles. The fourth-order valence-electron chi connectivity index (χ4n) is 6.58. The van der Waals surface area contributed by atoms with E-state index in [-0.39, 0.29) is 6.61 Å². The summed E-state index contributed by atoms with van der Waals surface area (Å²) in [5, 5.41) is 0. The summed E-state index contributed by atoms with van der Waals surface area (Å²) in [6, 6.07) is 41.5. The minimum Gasteiger partial charge on any atom is -0.374 e. The third-order valence-electron chi connectivity index (χ3n) is 9.16. The lowest BCUT2D eigenvalue weighted by molar-refractivity contribution is -0.330. The molecule has 0 radical (unpaired) electrons. The van der Waals surface area contributed by atoms with Crippen molar-refractivity contribution < 1.29 is 28.4 Å². The van der Waals surface area contributed by atoms with Crippen LogP contribution >= 0.6 is 15.9 Å². The normalized spacial score (nSPS) is 20.2. The molecule has 0 N–H and O–H groups in total. The third kappa shape index (κ3) is 10.9. The van der Waals surface area contributed by atoms with Crippen LogP contribution in [0, 0.1) is 27.7 Å². The van der Waals surface area contributed by atoms with E-state index in [9.17, 15) is 0 Å². The molecule has 0 aromatic heterocycles. The number of benzene rings is 5. The number of aryl methyl sites for hydroxylation is 4. The zero-order chi connectivity index (χ0) is 36.3. The van der Waals surface area contributed by atoms with Crippen molar-refractivity contribution in [3.8, 4) is 0 Å². The van der Waals surface area contributed by atoms with E-state index >= 15 is 0 Å². The van der Waals surface area contributed by atoms with Gasteiger partial charge in [-0.15, -0.1) is 0 Å². The Morgan fingerprint density at radius 3 is 1.44 bits per heavy atom. The summed E-state index contributed by atoms with van der Waals surface area (Å²) >= 11 is 3.69. The largest absolute Gasteiger partial charge is 0.374 e. The van der Waals surface area contributed by atoms with Crippen molar-refractivity contribution in [1.82, 2.24) is 0 Å². The molecule has 6 rings (SSSR count). The molecule has 0 saturated carbocycles. The van der Waals surface area contributed by atoms with Crippen LogP contribution in [0.3, 0.4) is 0 Å². The van der Waals surface area contributed by atoms with E-state index in [1.807, 2.05) is 30.3 Å². The van der Waals surface area contributed by atoms with Crippen LogP contribution in [0.4, 0.5) is 0 Å². The van der Waals surface area contributed by atoms with Crippen molar-refractivity contribution in [3.05, 3.63) is 176 Å². The molecule has 0 bridgehead atoms. The molecular formula is C45H49BrO6. The molecule has 7 heteroatoms. The molecule has 52 heavy (non-hydrogen) atoms. The third-order valence-corrected chi connectivity index (χ3v) is 9.93. The Bertz CT molecular complexity index is 1880. The van der Waals surface area contributed by atoms with Gasteiger partial charge in [0.25, 0.3) is 0 Å². The molecule has 5 aromatic carbocycles. The number of hydrogen-bond donors (Lipinski definition) is 0. The highest BCUT2D eigenvalue weighted by atomic mass is 79.9. The van der Waals surface area contributed by atoms with Gasteiger partial charge in [0.05, 0.1) is 39.6 Å². The second-order valence-electron chi connectivity index (χ2n) is 13.7. The maximum atomic E-state index is 6.92. The fraction of sp³-hybridized carbons (Fsp3) is 0.333. The molecule has 1 saturated heterocycles. The topological polar surface area (TPSA) is 55.4 Å². The van der Waals surface area contributed by atoms with Gasteiger partial charge in [0.1, 0.15) is 24.4 Å². The van der Waals surface area contributed by atoms with Gasteiger partial charge in [-0.2, -0.15) is 0 Å². The van der Waals surface area contributed by atoms with Gasteiger partial charge in [-0.05, 0) is 61.6 Å². The average molecular weight is 766 g/mol. The highest BCUT2D eigenvalue weighted by molar-refractivity contribution is 9.10. The molecule has 1 aliphatic heterocycles. The first-order valence-corrected chi connectivity index (χ1v) is 18.8. The summed E-state index contributed by atoms with van der Waals surface area (Å²) in [7, 11) is 0.